The van der Waals surface area contributed by atoms with Gasteiger partial charge in [0.05, 0.1) is 12.5 Å². The molecule has 0 aromatic rings. The minimum absolute atomic E-state index is 0.0224. The summed E-state index contributed by atoms with van der Waals surface area (Å²) < 4.78 is 0. The molecule has 0 saturated carbocycles. The zero-order valence-corrected chi connectivity index (χ0v) is 32.0. The lowest BCUT2D eigenvalue weighted by molar-refractivity contribution is -0.143. The first kappa shape index (κ1) is 46.8. The van der Waals surface area contributed by atoms with Crippen LogP contribution in [0.2, 0.25) is 0 Å². The number of amides is 4. The molecule has 0 rings (SSSR count). The largest absolute Gasteiger partial charge is 0.481 e. The Morgan fingerprint density at radius 1 is 0.540 bits per heavy atom. The van der Waals surface area contributed by atoms with Crippen molar-refractivity contribution in [3.05, 3.63) is 0 Å². The molecule has 0 aliphatic rings. The van der Waals surface area contributed by atoms with Crippen LogP contribution in [-0.2, 0) is 28.8 Å². The molecule has 4 amide bonds. The molecule has 0 spiro atoms. The quantitative estimate of drug-likeness (QED) is 0.0601. The summed E-state index contributed by atoms with van der Waals surface area (Å²) in [5, 5.41) is 39.8. The van der Waals surface area contributed by atoms with Crippen molar-refractivity contribution in [1.29, 1.82) is 0 Å². The Hall–Kier alpha value is -3.22. The predicted octanol–water partition coefficient (Wildman–Crippen LogP) is 4.40. The number of carboxylic acid groups (broad SMARTS) is 2. The van der Waals surface area contributed by atoms with Crippen LogP contribution in [0.15, 0.2) is 0 Å². The smallest absolute Gasteiger partial charge is 0.326 e. The number of unbranched alkanes of at least 4 members (excludes halogenated alkanes) is 1. The molecule has 0 bridgehead atoms. The number of aliphatic hydroxyl groups is 1. The number of aliphatic carboxylic acids is 2. The Morgan fingerprint density at radius 3 is 1.46 bits per heavy atom. The van der Waals surface area contributed by atoms with E-state index < -0.39 is 72.3 Å². The summed E-state index contributed by atoms with van der Waals surface area (Å²) in [7, 11) is 0. The van der Waals surface area contributed by atoms with Crippen molar-refractivity contribution in [2.45, 2.75) is 170 Å². The standard InChI is InChI=1S/C37H68N4O9/c1-10-25(8)20-26(9)13-11-12-14-27(42)21-32(43)38-29(17-22(2)3)35(47)39-28(15-16-33(44)45)34(46)40-30(18-23(4)5)36(48)41-31(37(49)50)19-24(6)7/h22-31,42H,10-21H2,1-9H3,(H,38,43)(H,39,47)(H,40,46)(H,41,48)(H,44,45)(H,49,50)/t25?,26?,27-,28+,29+,30+,31+/m1/s1. The number of nitrogens with one attached hydrogen (secondary N) is 4. The van der Waals surface area contributed by atoms with Gasteiger partial charge >= 0.3 is 11.9 Å². The molecule has 2 unspecified atom stereocenters. The molecule has 7 atom stereocenters. The van der Waals surface area contributed by atoms with Crippen LogP contribution in [-0.4, -0.2) is 81.2 Å². The summed E-state index contributed by atoms with van der Waals surface area (Å²) in [5.74, 6) is -3.99. The van der Waals surface area contributed by atoms with E-state index in [9.17, 15) is 44.1 Å². The second-order valence-electron chi connectivity index (χ2n) is 15.5. The molecule has 0 radical (unpaired) electrons. The average Bonchev–Trinajstić information content (AvgIpc) is 2.99. The van der Waals surface area contributed by atoms with Gasteiger partial charge in [-0.1, -0.05) is 88.0 Å². The average molecular weight is 713 g/mol. The highest BCUT2D eigenvalue weighted by Crippen LogP contribution is 2.21. The van der Waals surface area contributed by atoms with Gasteiger partial charge in [0.25, 0.3) is 0 Å². The van der Waals surface area contributed by atoms with E-state index in [-0.39, 0.29) is 49.9 Å². The van der Waals surface area contributed by atoms with Crippen LogP contribution in [0, 0.1) is 29.6 Å². The molecule has 290 valence electrons. The SMILES string of the molecule is CCC(C)CC(C)CCCC[C@@H](O)CC(=O)N[C@@H](CC(C)C)C(=O)N[C@@H](CCC(=O)O)C(=O)N[C@@H](CC(C)C)C(=O)N[C@@H](CC(C)C)C(=O)O. The first-order valence-electron chi connectivity index (χ1n) is 18.6. The Balaban J connectivity index is 5.63. The number of carbonyl (C=O) groups is 6. The maximum Gasteiger partial charge on any atom is 0.326 e. The van der Waals surface area contributed by atoms with E-state index in [0.29, 0.717) is 18.3 Å². The lowest BCUT2D eigenvalue weighted by Crippen LogP contribution is -2.58. The number of hydrogen-bond donors (Lipinski definition) is 7. The molecule has 13 nitrogen and oxygen atoms in total. The lowest BCUT2D eigenvalue weighted by atomic mass is 9.91. The fourth-order valence-corrected chi connectivity index (χ4v) is 5.87. The summed E-state index contributed by atoms with van der Waals surface area (Å²) >= 11 is 0. The van der Waals surface area contributed by atoms with Gasteiger partial charge < -0.3 is 36.6 Å². The summed E-state index contributed by atoms with van der Waals surface area (Å²) in [6, 6.07) is -4.72. The second-order valence-corrected chi connectivity index (χ2v) is 15.5. The maximum atomic E-state index is 13.5. The summed E-state index contributed by atoms with van der Waals surface area (Å²) in [6.07, 6.45) is 4.31. The van der Waals surface area contributed by atoms with E-state index in [2.05, 4.69) is 42.0 Å². The van der Waals surface area contributed by atoms with E-state index >= 15 is 0 Å². The van der Waals surface area contributed by atoms with Crippen LogP contribution in [0.1, 0.15) is 139 Å². The topological polar surface area (TPSA) is 211 Å². The second kappa shape index (κ2) is 24.8. The molecule has 0 fully saturated rings. The number of hydrogen-bond acceptors (Lipinski definition) is 7. The minimum atomic E-state index is -1.35. The van der Waals surface area contributed by atoms with E-state index in [0.717, 1.165) is 25.7 Å². The van der Waals surface area contributed by atoms with E-state index in [1.807, 2.05) is 41.5 Å². The Morgan fingerprint density at radius 2 is 0.980 bits per heavy atom. The van der Waals surface area contributed by atoms with Crippen LogP contribution < -0.4 is 21.3 Å². The zero-order chi connectivity index (χ0) is 38.6. The highest BCUT2D eigenvalue weighted by molar-refractivity contribution is 5.95. The van der Waals surface area contributed by atoms with Gasteiger partial charge in [-0.05, 0) is 68.1 Å². The van der Waals surface area contributed by atoms with Gasteiger partial charge in [0, 0.05) is 6.42 Å². The van der Waals surface area contributed by atoms with Crippen molar-refractivity contribution < 1.29 is 44.1 Å². The number of rotatable bonds is 27. The van der Waals surface area contributed by atoms with Gasteiger partial charge in [0.2, 0.25) is 23.6 Å². The molecular formula is C37H68N4O9. The predicted molar refractivity (Wildman–Crippen MR) is 193 cm³/mol. The summed E-state index contributed by atoms with van der Waals surface area (Å²) in [4.78, 5) is 76.3. The Kier molecular flexibility index (Phi) is 23.2. The number of aliphatic hydroxyl groups excluding tert-OH is 1. The Bertz CT molecular complexity index is 1070. The fourth-order valence-electron chi connectivity index (χ4n) is 5.87. The first-order valence-corrected chi connectivity index (χ1v) is 18.6. The first-order chi connectivity index (χ1) is 23.2. The molecule has 0 heterocycles. The third-order valence-corrected chi connectivity index (χ3v) is 8.71. The van der Waals surface area contributed by atoms with Gasteiger partial charge in [-0.2, -0.15) is 0 Å². The molecule has 0 aliphatic heterocycles. The zero-order valence-electron chi connectivity index (χ0n) is 32.0. The van der Waals surface area contributed by atoms with E-state index in [1.54, 1.807) is 0 Å². The molecular weight excluding hydrogens is 644 g/mol. The Labute approximate surface area is 299 Å². The third kappa shape index (κ3) is 21.8. The van der Waals surface area contributed by atoms with Gasteiger partial charge in [-0.3, -0.25) is 24.0 Å². The van der Waals surface area contributed by atoms with Crippen LogP contribution in [0.4, 0.5) is 0 Å². The molecule has 50 heavy (non-hydrogen) atoms. The van der Waals surface area contributed by atoms with Crippen LogP contribution in [0.25, 0.3) is 0 Å². The van der Waals surface area contributed by atoms with Gasteiger partial charge in [0.1, 0.15) is 24.2 Å². The van der Waals surface area contributed by atoms with Gasteiger partial charge in [-0.15, -0.1) is 0 Å². The van der Waals surface area contributed by atoms with Gasteiger partial charge in [0.15, 0.2) is 0 Å². The van der Waals surface area contributed by atoms with E-state index in [4.69, 9.17) is 0 Å². The van der Waals surface area contributed by atoms with E-state index in [1.165, 1.54) is 6.42 Å². The maximum absolute atomic E-state index is 13.5. The van der Waals surface area contributed by atoms with Gasteiger partial charge in [-0.25, -0.2) is 4.79 Å². The van der Waals surface area contributed by atoms with Crippen molar-refractivity contribution in [3.63, 3.8) is 0 Å². The molecule has 13 heteroatoms. The molecule has 0 aromatic heterocycles. The minimum Gasteiger partial charge on any atom is -0.481 e. The van der Waals surface area contributed by atoms with Crippen LogP contribution in [0.3, 0.4) is 0 Å². The highest BCUT2D eigenvalue weighted by Gasteiger charge is 2.32. The number of carboxylic acids is 2. The van der Waals surface area contributed by atoms with Crippen molar-refractivity contribution in [2.75, 3.05) is 0 Å². The third-order valence-electron chi connectivity index (χ3n) is 8.71. The highest BCUT2D eigenvalue weighted by atomic mass is 16.4. The van der Waals surface area contributed by atoms with Crippen molar-refractivity contribution in [1.82, 2.24) is 21.3 Å². The van der Waals surface area contributed by atoms with Crippen molar-refractivity contribution in [2.24, 2.45) is 29.6 Å². The summed E-state index contributed by atoms with van der Waals surface area (Å²) in [6.45, 7) is 17.7. The fraction of sp³-hybridized carbons (Fsp3) is 0.838. The summed E-state index contributed by atoms with van der Waals surface area (Å²) in [5.41, 5.74) is 0. The van der Waals surface area contributed by atoms with Crippen LogP contribution in [0.5, 0.6) is 0 Å². The molecule has 0 aromatic carbocycles. The molecule has 0 saturated heterocycles. The normalized spacial score (nSPS) is 15.8. The molecule has 0 aliphatic carbocycles. The lowest BCUT2D eigenvalue weighted by Gasteiger charge is -2.27. The number of carbonyl (C=O) groups excluding carboxylic acids is 4. The molecule has 7 N–H and O–H groups in total. The van der Waals surface area contributed by atoms with Crippen LogP contribution >= 0.6 is 0 Å². The monoisotopic (exact) mass is 712 g/mol. The van der Waals surface area contributed by atoms with Crippen molar-refractivity contribution >= 4 is 35.6 Å². The van der Waals surface area contributed by atoms with Crippen molar-refractivity contribution in [3.8, 4) is 0 Å².